The van der Waals surface area contributed by atoms with Gasteiger partial charge in [0.15, 0.2) is 0 Å². The number of hydrogen-bond acceptors (Lipinski definition) is 32. The monoisotopic (exact) mass is 1590 g/mol. The fourth-order valence-corrected chi connectivity index (χ4v) is 10.5. The first kappa shape index (κ1) is 120. The molecule has 34 heteroatoms. The van der Waals surface area contributed by atoms with Crippen molar-refractivity contribution in [3.8, 4) is 0 Å². The molecule has 2 unspecified atom stereocenters. The molecule has 0 amide bonds. The van der Waals surface area contributed by atoms with Crippen LogP contribution in [0.15, 0.2) is 31.2 Å². The van der Waals surface area contributed by atoms with Crippen LogP contribution in [0.25, 0.3) is 0 Å². The van der Waals surface area contributed by atoms with Crippen LogP contribution in [0, 0.1) is 0 Å². The van der Waals surface area contributed by atoms with Gasteiger partial charge in [-0.3, -0.25) is 19.6 Å². The maximum atomic E-state index is 8.61. The number of nitrogens with one attached hydrogen (secondary N) is 3. The molecular weight excluding hydrogens is 1400 g/mol. The summed E-state index contributed by atoms with van der Waals surface area (Å²) in [7, 11) is 14.1. The largest absolute Gasteiger partial charge is 0.395 e. The zero-order valence-electron chi connectivity index (χ0n) is 72.5. The Kier molecular flexibility index (Phi) is 114. The van der Waals surface area contributed by atoms with Gasteiger partial charge in [0.1, 0.15) is 0 Å². The molecular formula is C76H186N28O6. The molecule has 4 aliphatic rings. The van der Waals surface area contributed by atoms with Crippen LogP contribution in [-0.4, -0.2) is 427 Å². The SMILES string of the molecule is CC(N)CN(C)C.CCN(CC)CCCN.CN(C)CCCN.CN1CCCC1CCN.CNCCCN.CNCCN.NCCCN(CCO)CCO.NCCCN1CCOCC1.NCCCc1cnc[nH]1.NCCCn1ccnc1.NCCN(CCO)CCO.NCCN1CCCCC1.NCCN1CCOCC1. The Bertz CT molecular complexity index is 1720. The summed E-state index contributed by atoms with van der Waals surface area (Å²) in [6.07, 6.45) is 25.5. The highest BCUT2D eigenvalue weighted by Gasteiger charge is 2.19. The number of hydrogen-bond donors (Lipinski definition) is 20. The molecule has 33 N–H and O–H groups in total. The summed E-state index contributed by atoms with van der Waals surface area (Å²) >= 11 is 0. The Hall–Kier alpha value is -2.78. The second-order valence-electron chi connectivity index (χ2n) is 27.3. The van der Waals surface area contributed by atoms with Gasteiger partial charge in [0, 0.05) is 154 Å². The number of aromatic amines is 1. The number of likely N-dealkylation sites (tertiary alicyclic amines) is 2. The number of nitrogens with two attached hydrogens (primary N) is 13. The molecule has 0 bridgehead atoms. The van der Waals surface area contributed by atoms with E-state index in [1.54, 1.807) is 18.9 Å². The molecule has 6 heterocycles. The Morgan fingerprint density at radius 1 is 0.491 bits per heavy atom. The predicted molar refractivity (Wildman–Crippen MR) is 468 cm³/mol. The smallest absolute Gasteiger partial charge is 0.0945 e. The number of imidazole rings is 2. The maximum Gasteiger partial charge on any atom is 0.0945 e. The normalized spacial score (nSPS) is 15.0. The van der Waals surface area contributed by atoms with E-state index in [2.05, 4.69) is 94.9 Å². The first-order valence-electron chi connectivity index (χ1n) is 41.6. The van der Waals surface area contributed by atoms with Crippen LogP contribution >= 0.6 is 0 Å². The number of aromatic nitrogens is 4. The quantitative estimate of drug-likeness (QED) is 0.0285. The fraction of sp³-hybridized carbons (Fsp3) is 0.921. The van der Waals surface area contributed by atoms with Gasteiger partial charge >= 0.3 is 0 Å². The van der Waals surface area contributed by atoms with E-state index in [0.29, 0.717) is 45.3 Å². The van der Waals surface area contributed by atoms with Crippen molar-refractivity contribution >= 4 is 0 Å². The van der Waals surface area contributed by atoms with Crippen LogP contribution in [0.3, 0.4) is 0 Å². The number of morpholine rings is 2. The lowest BCUT2D eigenvalue weighted by Crippen LogP contribution is -2.39. The van der Waals surface area contributed by atoms with Gasteiger partial charge < -0.3 is 149 Å². The summed E-state index contributed by atoms with van der Waals surface area (Å²) in [6, 6.07) is 1.09. The minimum Gasteiger partial charge on any atom is -0.395 e. The van der Waals surface area contributed by atoms with Crippen molar-refractivity contribution < 1.29 is 29.9 Å². The van der Waals surface area contributed by atoms with Crippen molar-refractivity contribution in [1.82, 2.24) is 74.3 Å². The molecule has 2 aromatic rings. The topological polar surface area (TPSA) is 537 Å². The Balaban J connectivity index is -0.000000210. The zero-order valence-corrected chi connectivity index (χ0v) is 72.5. The average molecular weight is 1590 g/mol. The summed E-state index contributed by atoms with van der Waals surface area (Å²) in [5, 5.41) is 40.1. The van der Waals surface area contributed by atoms with Gasteiger partial charge in [-0.1, -0.05) is 20.3 Å². The maximum absolute atomic E-state index is 8.61. The molecule has 4 fully saturated rings. The van der Waals surface area contributed by atoms with Crippen LogP contribution in [0.4, 0.5) is 0 Å². The van der Waals surface area contributed by atoms with E-state index in [9.17, 15) is 0 Å². The van der Waals surface area contributed by atoms with E-state index in [0.717, 1.165) is 261 Å². The third kappa shape index (κ3) is 101. The van der Waals surface area contributed by atoms with Crippen LogP contribution in [0.1, 0.15) is 110 Å². The number of piperidine rings is 1. The third-order valence-electron chi connectivity index (χ3n) is 16.6. The molecule has 0 saturated carbocycles. The first-order valence-corrected chi connectivity index (χ1v) is 41.6. The van der Waals surface area contributed by atoms with Crippen molar-refractivity contribution in [3.05, 3.63) is 36.9 Å². The predicted octanol–water partition coefficient (Wildman–Crippen LogP) is -3.62. The molecule has 2 atom stereocenters. The lowest BCUT2D eigenvalue weighted by molar-refractivity contribution is 0.0377. The van der Waals surface area contributed by atoms with Crippen LogP contribution in [0.2, 0.25) is 0 Å². The lowest BCUT2D eigenvalue weighted by atomic mass is 10.1. The van der Waals surface area contributed by atoms with Gasteiger partial charge in [0.05, 0.1) is 65.5 Å². The number of aliphatic hydroxyl groups is 4. The minimum atomic E-state index is 0.125. The molecule has 0 radical (unpaired) electrons. The number of nitrogens with zero attached hydrogens (tertiary/aromatic N) is 12. The molecule has 2 aromatic heterocycles. The minimum absolute atomic E-state index is 0.125. The fourth-order valence-electron chi connectivity index (χ4n) is 10.5. The third-order valence-corrected chi connectivity index (χ3v) is 16.6. The summed E-state index contributed by atoms with van der Waals surface area (Å²) < 4.78 is 12.4. The molecule has 0 aromatic carbocycles. The highest BCUT2D eigenvalue weighted by atomic mass is 16.5. The summed E-state index contributed by atoms with van der Waals surface area (Å²) in [4.78, 5) is 30.9. The molecule has 4 saturated heterocycles. The number of H-pyrrole nitrogens is 1. The molecule has 0 spiro atoms. The van der Waals surface area contributed by atoms with E-state index in [1.807, 2.05) is 61.9 Å². The summed E-state index contributed by atoms with van der Waals surface area (Å²) in [6.45, 7) is 43.4. The van der Waals surface area contributed by atoms with Crippen molar-refractivity contribution in [2.75, 3.05) is 331 Å². The average Bonchev–Trinajstić information content (AvgIpc) is 1.66. The molecule has 4 aliphatic heterocycles. The van der Waals surface area contributed by atoms with Gasteiger partial charge in [-0.15, -0.1) is 0 Å². The van der Waals surface area contributed by atoms with Gasteiger partial charge in [0.2, 0.25) is 0 Å². The van der Waals surface area contributed by atoms with Crippen molar-refractivity contribution in [1.29, 1.82) is 0 Å². The molecule has 6 rings (SSSR count). The second-order valence-corrected chi connectivity index (χ2v) is 27.3. The Morgan fingerprint density at radius 3 is 1.28 bits per heavy atom. The highest BCUT2D eigenvalue weighted by molar-refractivity contribution is 4.93. The highest BCUT2D eigenvalue weighted by Crippen LogP contribution is 2.16. The molecule has 0 aliphatic carbocycles. The van der Waals surface area contributed by atoms with Crippen LogP contribution in [0.5, 0.6) is 0 Å². The number of ether oxygens (including phenoxy) is 2. The standard InChI is InChI=1S/C7H18N2O2.C7H16N2O.2C7H16N2.C7H18N2.2C6H11N3.C6H16N2O2.C6H14N2O.2C5H14N2.C4H12N2.C3H10N2/c8-2-1-3-9(4-6-10)5-7-11;8-2-1-3-9-4-6-10-7-5-9;1-9-6-2-3-7(9)4-5-8;8-4-7-9-5-2-1-3-6-9;1-3-9(4-2)7-5-6-8;7-2-1-4-9-5-3-8-6-9;7-3-1-2-6-4-8-5-9-6;7-1-2-8(3-5-9)4-6-10;7-1-2-8-3-5-9-6-4-8;1-5(6)4-7(2)3;1-7(2)5-3-4-6;1-6-4-2-3-5;1-5-3-2-4/h10-11H,1-8H2;1-8H2;7H,2-6,8H2,1H3;1-8H2;3-8H2,1-2H3;3,5-6H,1-2,4,7H2;4-5H,1-3,7H2,(H,8,9);9-10H,1-7H2;1-7H2;5H,4,6H2,1-3H3;3-6H2,1-2H3;6H,2-5H2,1H3;5H,2-4H2,1H3. The number of likely N-dealkylation sites (N-methyl/N-ethyl adjacent to an activating group) is 2. The number of rotatable bonds is 43. The number of aryl methyl sites for hydroxylation is 2. The molecule has 34 nitrogen and oxygen atoms in total. The lowest BCUT2D eigenvalue weighted by Gasteiger charge is -2.26. The van der Waals surface area contributed by atoms with E-state index in [-0.39, 0.29) is 26.4 Å². The molecule has 666 valence electrons. The van der Waals surface area contributed by atoms with E-state index in [4.69, 9.17) is 104 Å². The van der Waals surface area contributed by atoms with Gasteiger partial charge in [0.25, 0.3) is 0 Å². The van der Waals surface area contributed by atoms with Crippen LogP contribution < -0.4 is 85.2 Å². The summed E-state index contributed by atoms with van der Waals surface area (Å²) in [5.41, 5.74) is 70.3. The Morgan fingerprint density at radius 2 is 0.955 bits per heavy atom. The second kappa shape index (κ2) is 104. The first-order chi connectivity index (χ1) is 53.3. The van der Waals surface area contributed by atoms with E-state index < -0.39 is 0 Å². The van der Waals surface area contributed by atoms with Crippen molar-refractivity contribution in [2.24, 2.45) is 74.5 Å². The van der Waals surface area contributed by atoms with Gasteiger partial charge in [-0.05, 0) is 258 Å². The number of aliphatic hydroxyl groups excluding tert-OH is 4. The van der Waals surface area contributed by atoms with E-state index >= 15 is 0 Å². The zero-order chi connectivity index (χ0) is 84.0. The van der Waals surface area contributed by atoms with Crippen LogP contribution in [-0.2, 0) is 22.4 Å². The van der Waals surface area contributed by atoms with Gasteiger partial charge in [-0.25, -0.2) is 9.97 Å². The van der Waals surface area contributed by atoms with Crippen molar-refractivity contribution in [2.45, 2.75) is 129 Å². The Labute approximate surface area is 673 Å². The summed E-state index contributed by atoms with van der Waals surface area (Å²) in [5.74, 6) is 0. The van der Waals surface area contributed by atoms with Crippen molar-refractivity contribution in [3.63, 3.8) is 0 Å². The molecule has 110 heavy (non-hydrogen) atoms. The van der Waals surface area contributed by atoms with Gasteiger partial charge in [-0.2, -0.15) is 0 Å². The van der Waals surface area contributed by atoms with E-state index in [1.165, 1.54) is 63.9 Å².